The van der Waals surface area contributed by atoms with E-state index < -0.39 is 0 Å². The Morgan fingerprint density at radius 2 is 1.97 bits per heavy atom. The zero-order valence-electron chi connectivity index (χ0n) is 20.0. The number of para-hydroxylation sites is 1. The number of methoxy groups -OCH3 is 1. The third-order valence-electron chi connectivity index (χ3n) is 5.86. The van der Waals surface area contributed by atoms with Crippen LogP contribution in [0.1, 0.15) is 43.0 Å². The number of benzene rings is 2. The van der Waals surface area contributed by atoms with Crippen molar-refractivity contribution < 1.29 is 14.3 Å². The number of nitrogens with one attached hydrogen (secondary N) is 1. The fraction of sp³-hybridized carbons (Fsp3) is 0.269. The van der Waals surface area contributed by atoms with Gasteiger partial charge >= 0.3 is 0 Å². The van der Waals surface area contributed by atoms with E-state index in [0.717, 1.165) is 28.1 Å². The molecular formula is C26H26N6O3. The molecule has 0 saturated heterocycles. The molecule has 0 aliphatic carbocycles. The van der Waals surface area contributed by atoms with E-state index in [0.29, 0.717) is 23.7 Å². The van der Waals surface area contributed by atoms with Gasteiger partial charge in [-0.15, -0.1) is 5.10 Å². The summed E-state index contributed by atoms with van der Waals surface area (Å²) >= 11 is 0. The highest BCUT2D eigenvalue weighted by Crippen LogP contribution is 2.43. The average Bonchev–Trinajstić information content (AvgIpc) is 3.19. The Kier molecular flexibility index (Phi) is 5.90. The van der Waals surface area contributed by atoms with Gasteiger partial charge in [0.1, 0.15) is 17.3 Å². The predicted molar refractivity (Wildman–Crippen MR) is 131 cm³/mol. The Balaban J connectivity index is 1.60. The second-order valence-electron chi connectivity index (χ2n) is 8.64. The summed E-state index contributed by atoms with van der Waals surface area (Å²) in [4.78, 5) is 17.5. The Labute approximate surface area is 203 Å². The summed E-state index contributed by atoms with van der Waals surface area (Å²) in [5.41, 5.74) is 4.09. The van der Waals surface area contributed by atoms with Crippen molar-refractivity contribution in [2.24, 2.45) is 0 Å². The van der Waals surface area contributed by atoms with E-state index in [1.165, 1.54) is 0 Å². The second kappa shape index (κ2) is 9.17. The van der Waals surface area contributed by atoms with Crippen LogP contribution in [0.2, 0.25) is 0 Å². The molecule has 0 fully saturated rings. The first-order valence-corrected chi connectivity index (χ1v) is 11.4. The normalized spacial score (nSPS) is 15.0. The fourth-order valence-corrected chi connectivity index (χ4v) is 4.39. The van der Waals surface area contributed by atoms with E-state index in [2.05, 4.69) is 20.5 Å². The molecule has 3 heterocycles. The average molecular weight is 471 g/mol. The van der Waals surface area contributed by atoms with E-state index in [-0.39, 0.29) is 23.9 Å². The minimum Gasteiger partial charge on any atom is -0.497 e. The predicted octanol–water partition coefficient (Wildman–Crippen LogP) is 4.30. The number of ether oxygens (including phenoxy) is 2. The van der Waals surface area contributed by atoms with Crippen molar-refractivity contribution >= 4 is 11.7 Å². The van der Waals surface area contributed by atoms with Gasteiger partial charge in [0.15, 0.2) is 0 Å². The van der Waals surface area contributed by atoms with Crippen molar-refractivity contribution in [3.8, 4) is 28.7 Å². The molecule has 0 saturated carbocycles. The van der Waals surface area contributed by atoms with Crippen molar-refractivity contribution in [1.82, 2.24) is 25.0 Å². The van der Waals surface area contributed by atoms with Gasteiger partial charge in [0.05, 0.1) is 30.8 Å². The zero-order valence-corrected chi connectivity index (χ0v) is 20.0. The SMILES string of the molecule is COc1cccc(-c2cnnc(-n3nc(C)c4c3NC(=O)CC4c3ccccc3OC(C)C)n2)c1. The monoisotopic (exact) mass is 470 g/mol. The highest BCUT2D eigenvalue weighted by atomic mass is 16.5. The van der Waals surface area contributed by atoms with Gasteiger partial charge in [0, 0.05) is 29.0 Å². The summed E-state index contributed by atoms with van der Waals surface area (Å²) < 4.78 is 12.9. The lowest BCUT2D eigenvalue weighted by molar-refractivity contribution is -0.116. The Hall–Kier alpha value is -4.27. The number of aryl methyl sites for hydroxylation is 1. The number of carbonyl (C=O) groups excluding carboxylic acids is 1. The molecule has 178 valence electrons. The molecule has 1 amide bonds. The van der Waals surface area contributed by atoms with Crippen LogP contribution in [0.5, 0.6) is 11.5 Å². The molecule has 35 heavy (non-hydrogen) atoms. The third kappa shape index (κ3) is 4.32. The third-order valence-corrected chi connectivity index (χ3v) is 5.86. The molecule has 1 atom stereocenters. The quantitative estimate of drug-likeness (QED) is 0.448. The largest absolute Gasteiger partial charge is 0.497 e. The highest BCUT2D eigenvalue weighted by Gasteiger charge is 2.34. The maximum absolute atomic E-state index is 12.8. The van der Waals surface area contributed by atoms with Gasteiger partial charge in [0.2, 0.25) is 5.91 Å². The van der Waals surface area contributed by atoms with Crippen LogP contribution in [-0.2, 0) is 4.79 Å². The van der Waals surface area contributed by atoms with Crippen LogP contribution in [0.4, 0.5) is 5.82 Å². The van der Waals surface area contributed by atoms with E-state index in [1.807, 2.05) is 69.3 Å². The van der Waals surface area contributed by atoms with Gasteiger partial charge in [-0.05, 0) is 39.0 Å². The fourth-order valence-electron chi connectivity index (χ4n) is 4.39. The number of rotatable bonds is 6. The van der Waals surface area contributed by atoms with Crippen LogP contribution in [-0.4, -0.2) is 44.1 Å². The second-order valence-corrected chi connectivity index (χ2v) is 8.64. The van der Waals surface area contributed by atoms with Crippen LogP contribution in [0, 0.1) is 6.92 Å². The smallest absolute Gasteiger partial charge is 0.272 e. The molecule has 9 nitrogen and oxygen atoms in total. The molecule has 2 aromatic heterocycles. The Bertz CT molecular complexity index is 1400. The van der Waals surface area contributed by atoms with Crippen molar-refractivity contribution in [2.45, 2.75) is 39.2 Å². The van der Waals surface area contributed by atoms with Crippen LogP contribution < -0.4 is 14.8 Å². The molecule has 2 aromatic carbocycles. The number of fused-ring (bicyclic) bond motifs is 1. The Morgan fingerprint density at radius 1 is 1.14 bits per heavy atom. The van der Waals surface area contributed by atoms with Crippen LogP contribution in [0.25, 0.3) is 17.2 Å². The summed E-state index contributed by atoms with van der Waals surface area (Å²) in [6.07, 6.45) is 1.89. The van der Waals surface area contributed by atoms with E-state index in [4.69, 9.17) is 14.6 Å². The van der Waals surface area contributed by atoms with E-state index >= 15 is 0 Å². The lowest BCUT2D eigenvalue weighted by atomic mass is 9.85. The van der Waals surface area contributed by atoms with Crippen molar-refractivity contribution in [1.29, 1.82) is 0 Å². The number of hydrogen-bond acceptors (Lipinski definition) is 7. The molecule has 0 radical (unpaired) electrons. The van der Waals surface area contributed by atoms with Crippen molar-refractivity contribution in [2.75, 3.05) is 12.4 Å². The number of anilines is 1. The standard InChI is InChI=1S/C26H26N6O3/c1-15(2)35-22-11-6-5-10-19(22)20-13-23(33)29-25-24(20)16(3)31-32(25)26-28-21(14-27-30-26)17-8-7-9-18(12-17)34-4/h5-12,14-15,20H,13H2,1-4H3,(H,29,33). The lowest BCUT2D eigenvalue weighted by Gasteiger charge is -2.26. The molecule has 1 aliphatic rings. The van der Waals surface area contributed by atoms with Crippen LogP contribution >= 0.6 is 0 Å². The van der Waals surface area contributed by atoms with Gasteiger partial charge in [0.25, 0.3) is 5.95 Å². The van der Waals surface area contributed by atoms with Crippen molar-refractivity contribution in [3.05, 3.63) is 71.5 Å². The number of hydrogen-bond donors (Lipinski definition) is 1. The summed E-state index contributed by atoms with van der Waals surface area (Å²) in [5.74, 6) is 1.97. The molecule has 9 heteroatoms. The number of nitrogens with zero attached hydrogens (tertiary/aromatic N) is 5. The first-order chi connectivity index (χ1) is 16.9. The molecule has 1 N–H and O–H groups in total. The van der Waals surface area contributed by atoms with E-state index in [1.54, 1.807) is 18.0 Å². The maximum Gasteiger partial charge on any atom is 0.272 e. The molecule has 1 unspecified atom stereocenters. The van der Waals surface area contributed by atoms with Gasteiger partial charge < -0.3 is 14.8 Å². The molecule has 5 rings (SSSR count). The van der Waals surface area contributed by atoms with Crippen LogP contribution in [0.15, 0.2) is 54.7 Å². The molecule has 4 aromatic rings. The van der Waals surface area contributed by atoms with E-state index in [9.17, 15) is 4.79 Å². The number of aromatic nitrogens is 5. The molecule has 1 aliphatic heterocycles. The topological polar surface area (TPSA) is 104 Å². The summed E-state index contributed by atoms with van der Waals surface area (Å²) in [7, 11) is 1.62. The first-order valence-electron chi connectivity index (χ1n) is 11.4. The van der Waals surface area contributed by atoms with Gasteiger partial charge in [-0.1, -0.05) is 30.3 Å². The maximum atomic E-state index is 12.8. The van der Waals surface area contributed by atoms with Crippen molar-refractivity contribution in [3.63, 3.8) is 0 Å². The van der Waals surface area contributed by atoms with Gasteiger partial charge in [-0.25, -0.2) is 4.98 Å². The summed E-state index contributed by atoms with van der Waals surface area (Å²) in [6.45, 7) is 5.89. The van der Waals surface area contributed by atoms with Crippen LogP contribution in [0.3, 0.4) is 0 Å². The lowest BCUT2D eigenvalue weighted by Crippen LogP contribution is -2.25. The number of amides is 1. The van der Waals surface area contributed by atoms with Gasteiger partial charge in [-0.3, -0.25) is 4.79 Å². The molecular weight excluding hydrogens is 444 g/mol. The minimum absolute atomic E-state index is 0.00989. The zero-order chi connectivity index (χ0) is 24.5. The molecule has 0 spiro atoms. The summed E-state index contributed by atoms with van der Waals surface area (Å²) in [6, 6.07) is 15.4. The summed E-state index contributed by atoms with van der Waals surface area (Å²) in [5, 5.41) is 16.0. The molecule has 0 bridgehead atoms. The first kappa shape index (κ1) is 22.5. The highest BCUT2D eigenvalue weighted by molar-refractivity contribution is 5.95. The number of carbonyl (C=O) groups is 1. The minimum atomic E-state index is -0.211. The van der Waals surface area contributed by atoms with Gasteiger partial charge in [-0.2, -0.15) is 14.9 Å². The Morgan fingerprint density at radius 3 is 2.77 bits per heavy atom.